The van der Waals surface area contributed by atoms with Crippen molar-refractivity contribution in [3.63, 3.8) is 0 Å². The van der Waals surface area contributed by atoms with Crippen LogP contribution in [0, 0.1) is 23.3 Å². The number of hydrogen-bond donors (Lipinski definition) is 3. The quantitative estimate of drug-likeness (QED) is 0.239. The molecule has 1 fully saturated rings. The number of ether oxygens (including phenoxy) is 1. The van der Waals surface area contributed by atoms with Crippen molar-refractivity contribution in [2.45, 2.75) is 43.1 Å². The molecule has 0 aromatic heterocycles. The maximum Gasteiger partial charge on any atom is 0.302 e. The average molecular weight is 506 g/mol. The molecular formula is C21H22F4N2O6S. The number of β-amino-alcohol motifs (C(OH)–C–C–N with tert-alkyl or cyclic N) is 1. The number of carbonyl (C=O) groups is 1. The monoisotopic (exact) mass is 506 g/mol. The molecule has 0 saturated carbocycles. The first-order chi connectivity index (χ1) is 15.9. The highest BCUT2D eigenvalue weighted by molar-refractivity contribution is 7.89. The molecule has 2 aromatic carbocycles. The molecule has 0 aliphatic carbocycles. The van der Waals surface area contributed by atoms with Crippen molar-refractivity contribution >= 4 is 21.7 Å². The van der Waals surface area contributed by atoms with E-state index in [-0.39, 0.29) is 37.2 Å². The molecule has 8 nitrogen and oxygen atoms in total. The summed E-state index contributed by atoms with van der Waals surface area (Å²) in [6.07, 6.45) is -3.34. The molecule has 3 rings (SSSR count). The van der Waals surface area contributed by atoms with Crippen molar-refractivity contribution in [3.05, 3.63) is 59.2 Å². The van der Waals surface area contributed by atoms with Gasteiger partial charge >= 0.3 is 5.97 Å². The van der Waals surface area contributed by atoms with Crippen LogP contribution in [-0.2, 0) is 19.6 Å². The zero-order chi connectivity index (χ0) is 25.2. The lowest BCUT2D eigenvalue weighted by atomic mass is 10.1. The van der Waals surface area contributed by atoms with E-state index >= 15 is 0 Å². The van der Waals surface area contributed by atoms with Crippen molar-refractivity contribution in [2.75, 3.05) is 18.4 Å². The van der Waals surface area contributed by atoms with Crippen molar-refractivity contribution in [1.82, 2.24) is 4.31 Å². The Hall–Kier alpha value is -2.74. The predicted molar refractivity (Wildman–Crippen MR) is 111 cm³/mol. The van der Waals surface area contributed by atoms with Crippen LogP contribution in [0.15, 0.2) is 35.2 Å². The van der Waals surface area contributed by atoms with Gasteiger partial charge in [-0.15, -0.1) is 0 Å². The molecule has 1 heterocycles. The molecule has 0 radical (unpaired) electrons. The standard InChI is InChI=1S/C21H22F4N2O6S/c1-11(28)33-15-4-3-14(29)9-27(10-15)34(31,32)19-6-12(2-5-16(19)22)21(30)26-13-7-17(23)20(25)18(24)8-13/h2,5-8,14-15,21,26,29-30H,3-4,9-10H2,1H3/t14-,15+,21?/m0/s1. The van der Waals surface area contributed by atoms with Crippen LogP contribution >= 0.6 is 0 Å². The SMILES string of the molecule is CC(=O)O[C@@H]1CC[C@H](O)CN(S(=O)(=O)c2cc(C(O)Nc3cc(F)c(F)c(F)c3)ccc2F)C1. The normalized spacial score (nSPS) is 20.4. The van der Waals surface area contributed by atoms with E-state index in [1.165, 1.54) is 0 Å². The predicted octanol–water partition coefficient (Wildman–Crippen LogP) is 2.42. The van der Waals surface area contributed by atoms with Gasteiger partial charge in [-0.25, -0.2) is 26.0 Å². The molecule has 1 saturated heterocycles. The molecule has 3 N–H and O–H groups in total. The van der Waals surface area contributed by atoms with E-state index in [1.54, 1.807) is 0 Å². The van der Waals surface area contributed by atoms with Crippen LogP contribution in [0.4, 0.5) is 23.2 Å². The van der Waals surface area contributed by atoms with Crippen LogP contribution in [0.25, 0.3) is 0 Å². The number of nitrogens with one attached hydrogen (secondary N) is 1. The van der Waals surface area contributed by atoms with E-state index in [4.69, 9.17) is 4.74 Å². The van der Waals surface area contributed by atoms with Gasteiger partial charge in [-0.05, 0) is 25.0 Å². The Balaban J connectivity index is 1.90. The number of anilines is 1. The van der Waals surface area contributed by atoms with E-state index in [0.717, 1.165) is 29.4 Å². The number of rotatable bonds is 6. The highest BCUT2D eigenvalue weighted by Crippen LogP contribution is 2.28. The van der Waals surface area contributed by atoms with Crippen LogP contribution in [0.3, 0.4) is 0 Å². The number of benzene rings is 2. The minimum absolute atomic E-state index is 0.153. The van der Waals surface area contributed by atoms with Crippen LogP contribution in [-0.4, -0.2) is 54.2 Å². The van der Waals surface area contributed by atoms with E-state index < -0.39 is 62.6 Å². The Bertz CT molecular complexity index is 1160. The Morgan fingerprint density at radius 1 is 1.09 bits per heavy atom. The summed E-state index contributed by atoms with van der Waals surface area (Å²) in [5.74, 6) is -6.53. The maximum absolute atomic E-state index is 14.6. The number of nitrogens with zero attached hydrogens (tertiary/aromatic N) is 1. The molecular weight excluding hydrogens is 484 g/mol. The van der Waals surface area contributed by atoms with Crippen molar-refractivity contribution in [1.29, 1.82) is 0 Å². The first-order valence-corrected chi connectivity index (χ1v) is 11.6. The summed E-state index contributed by atoms with van der Waals surface area (Å²) in [4.78, 5) is 10.5. The third-order valence-electron chi connectivity index (χ3n) is 5.15. The number of hydrogen-bond acceptors (Lipinski definition) is 7. The molecule has 186 valence electrons. The second kappa shape index (κ2) is 10.3. The number of esters is 1. The molecule has 13 heteroatoms. The fourth-order valence-electron chi connectivity index (χ4n) is 3.53. The van der Waals surface area contributed by atoms with Gasteiger partial charge in [0.15, 0.2) is 23.7 Å². The van der Waals surface area contributed by atoms with Crippen molar-refractivity contribution in [3.8, 4) is 0 Å². The summed E-state index contributed by atoms with van der Waals surface area (Å²) in [7, 11) is -4.57. The number of sulfonamides is 1. The Kier molecular flexibility index (Phi) is 7.81. The average Bonchev–Trinajstić information content (AvgIpc) is 2.93. The summed E-state index contributed by atoms with van der Waals surface area (Å²) < 4.78 is 86.8. The molecule has 1 unspecified atom stereocenters. The Labute approximate surface area is 192 Å². The van der Waals surface area contributed by atoms with Crippen LogP contribution in [0.1, 0.15) is 31.6 Å². The topological polar surface area (TPSA) is 116 Å². The summed E-state index contributed by atoms with van der Waals surface area (Å²) in [6.45, 7) is 0.451. The van der Waals surface area contributed by atoms with E-state index in [2.05, 4.69) is 5.32 Å². The number of aliphatic hydroxyl groups is 2. The maximum atomic E-state index is 14.6. The van der Waals surface area contributed by atoms with Gasteiger partial charge in [-0.2, -0.15) is 4.31 Å². The summed E-state index contributed by atoms with van der Waals surface area (Å²) in [5, 5.41) is 22.7. The lowest BCUT2D eigenvalue weighted by molar-refractivity contribution is -0.146. The van der Waals surface area contributed by atoms with Crippen LogP contribution in [0.5, 0.6) is 0 Å². The second-order valence-electron chi connectivity index (χ2n) is 7.78. The Morgan fingerprint density at radius 2 is 1.74 bits per heavy atom. The zero-order valence-corrected chi connectivity index (χ0v) is 18.7. The minimum Gasteiger partial charge on any atom is -0.461 e. The summed E-state index contributed by atoms with van der Waals surface area (Å²) in [6, 6.07) is 3.79. The van der Waals surface area contributed by atoms with E-state index in [1.807, 2.05) is 0 Å². The fraction of sp³-hybridized carbons (Fsp3) is 0.381. The van der Waals surface area contributed by atoms with Gasteiger partial charge in [0.1, 0.15) is 16.8 Å². The molecule has 1 aliphatic heterocycles. The van der Waals surface area contributed by atoms with Crippen LogP contribution < -0.4 is 5.32 Å². The molecule has 0 spiro atoms. The molecule has 0 bridgehead atoms. The zero-order valence-electron chi connectivity index (χ0n) is 17.8. The number of halogens is 4. The minimum atomic E-state index is -4.57. The molecule has 2 aromatic rings. The van der Waals surface area contributed by atoms with Gasteiger partial charge < -0.3 is 20.3 Å². The fourth-order valence-corrected chi connectivity index (χ4v) is 5.14. The largest absolute Gasteiger partial charge is 0.461 e. The number of aliphatic hydroxyl groups excluding tert-OH is 2. The first-order valence-electron chi connectivity index (χ1n) is 10.1. The lowest BCUT2D eigenvalue weighted by Gasteiger charge is -2.25. The first kappa shape index (κ1) is 25.9. The molecule has 34 heavy (non-hydrogen) atoms. The molecule has 0 amide bonds. The smallest absolute Gasteiger partial charge is 0.302 e. The summed E-state index contributed by atoms with van der Waals surface area (Å²) in [5.41, 5.74) is -0.533. The van der Waals surface area contributed by atoms with E-state index in [0.29, 0.717) is 12.1 Å². The van der Waals surface area contributed by atoms with Gasteiger partial charge in [-0.3, -0.25) is 4.79 Å². The van der Waals surface area contributed by atoms with Crippen molar-refractivity contribution < 1.29 is 45.7 Å². The summed E-state index contributed by atoms with van der Waals surface area (Å²) >= 11 is 0. The Morgan fingerprint density at radius 3 is 2.35 bits per heavy atom. The van der Waals surface area contributed by atoms with Gasteiger partial charge in [0.2, 0.25) is 10.0 Å². The van der Waals surface area contributed by atoms with Crippen LogP contribution in [0.2, 0.25) is 0 Å². The van der Waals surface area contributed by atoms with Gasteiger partial charge in [0.05, 0.1) is 12.6 Å². The molecule has 1 aliphatic rings. The van der Waals surface area contributed by atoms with E-state index in [9.17, 15) is 41.0 Å². The lowest BCUT2D eigenvalue weighted by Crippen LogP contribution is -2.40. The second-order valence-corrected chi connectivity index (χ2v) is 9.68. The third kappa shape index (κ3) is 5.84. The highest BCUT2D eigenvalue weighted by Gasteiger charge is 2.35. The highest BCUT2D eigenvalue weighted by atomic mass is 32.2. The molecule has 3 atom stereocenters. The van der Waals surface area contributed by atoms with Gasteiger partial charge in [-0.1, -0.05) is 6.07 Å². The van der Waals surface area contributed by atoms with Crippen molar-refractivity contribution in [2.24, 2.45) is 0 Å². The van der Waals surface area contributed by atoms with Gasteiger partial charge in [0, 0.05) is 36.9 Å². The number of carbonyl (C=O) groups excluding carboxylic acids is 1. The van der Waals surface area contributed by atoms with Gasteiger partial charge in [0.25, 0.3) is 0 Å². The third-order valence-corrected chi connectivity index (χ3v) is 7.00.